The molecule has 4 nitrogen and oxygen atoms in total. The minimum atomic E-state index is -0.987. The molecule has 0 radical (unpaired) electrons. The molecule has 1 aromatic heterocycles. The summed E-state index contributed by atoms with van der Waals surface area (Å²) in [7, 11) is 0. The summed E-state index contributed by atoms with van der Waals surface area (Å²) < 4.78 is 0. The summed E-state index contributed by atoms with van der Waals surface area (Å²) in [4.78, 5) is 18.5. The van der Waals surface area contributed by atoms with Gasteiger partial charge < -0.3 is 5.11 Å². The normalized spacial score (nSPS) is 15.7. The van der Waals surface area contributed by atoms with Crippen molar-refractivity contribution in [2.75, 3.05) is 0 Å². The molecule has 0 atom stereocenters. The van der Waals surface area contributed by atoms with E-state index in [9.17, 15) is 4.79 Å². The Bertz CT molecular complexity index is 334. The Morgan fingerprint density at radius 2 is 2.38 bits per heavy atom. The number of nitrogens with zero attached hydrogens (tertiary/aromatic N) is 2. The molecular formula is C9H10N2O2. The molecule has 0 bridgehead atoms. The number of hydrogen-bond acceptors (Lipinski definition) is 3. The van der Waals surface area contributed by atoms with Gasteiger partial charge in [-0.25, -0.2) is 14.8 Å². The van der Waals surface area contributed by atoms with E-state index in [-0.39, 0.29) is 5.69 Å². The maximum absolute atomic E-state index is 10.6. The minimum absolute atomic E-state index is 0.0886. The van der Waals surface area contributed by atoms with Crippen molar-refractivity contribution in [2.24, 2.45) is 5.92 Å². The SMILES string of the molecule is O=C(O)c1ccnc(CC2CC2)n1. The Morgan fingerprint density at radius 1 is 1.62 bits per heavy atom. The van der Waals surface area contributed by atoms with Crippen LogP contribution in [0.3, 0.4) is 0 Å². The first-order valence-electron chi connectivity index (χ1n) is 4.31. The zero-order valence-electron chi connectivity index (χ0n) is 7.10. The van der Waals surface area contributed by atoms with Crippen LogP contribution in [0, 0.1) is 5.92 Å². The lowest BCUT2D eigenvalue weighted by atomic mass is 10.2. The summed E-state index contributed by atoms with van der Waals surface area (Å²) in [6.07, 6.45) is 4.77. The highest BCUT2D eigenvalue weighted by Crippen LogP contribution is 2.31. The van der Waals surface area contributed by atoms with Gasteiger partial charge in [-0.2, -0.15) is 0 Å². The third-order valence-electron chi connectivity index (χ3n) is 2.09. The number of carboxylic acid groups (broad SMARTS) is 1. The first kappa shape index (κ1) is 8.16. The second-order valence-electron chi connectivity index (χ2n) is 3.31. The van der Waals surface area contributed by atoms with Crippen LogP contribution in [-0.2, 0) is 6.42 Å². The van der Waals surface area contributed by atoms with E-state index >= 15 is 0 Å². The van der Waals surface area contributed by atoms with Crippen LogP contribution in [0.1, 0.15) is 29.2 Å². The first-order valence-corrected chi connectivity index (χ1v) is 4.31. The van der Waals surface area contributed by atoms with Gasteiger partial charge in [-0.15, -0.1) is 0 Å². The molecule has 1 N–H and O–H groups in total. The molecule has 1 aromatic rings. The molecule has 68 valence electrons. The summed E-state index contributed by atoms with van der Waals surface area (Å²) >= 11 is 0. The third kappa shape index (κ3) is 2.02. The van der Waals surface area contributed by atoms with E-state index in [1.54, 1.807) is 0 Å². The van der Waals surface area contributed by atoms with E-state index in [0.717, 1.165) is 6.42 Å². The molecule has 1 saturated carbocycles. The van der Waals surface area contributed by atoms with Crippen LogP contribution in [0.25, 0.3) is 0 Å². The van der Waals surface area contributed by atoms with E-state index in [0.29, 0.717) is 11.7 Å². The fraction of sp³-hybridized carbons (Fsp3) is 0.444. The molecule has 0 saturated heterocycles. The molecule has 0 unspecified atom stereocenters. The predicted octanol–water partition coefficient (Wildman–Crippen LogP) is 1.13. The van der Waals surface area contributed by atoms with Crippen LogP contribution in [-0.4, -0.2) is 21.0 Å². The van der Waals surface area contributed by atoms with Gasteiger partial charge in [-0.05, 0) is 24.8 Å². The molecule has 2 rings (SSSR count). The highest BCUT2D eigenvalue weighted by atomic mass is 16.4. The maximum atomic E-state index is 10.6. The highest BCUT2D eigenvalue weighted by molar-refractivity contribution is 5.85. The Kier molecular flexibility index (Phi) is 1.96. The van der Waals surface area contributed by atoms with Crippen LogP contribution in [0.2, 0.25) is 0 Å². The molecule has 0 aromatic carbocycles. The highest BCUT2D eigenvalue weighted by Gasteiger charge is 2.23. The number of carbonyl (C=O) groups is 1. The maximum Gasteiger partial charge on any atom is 0.354 e. The zero-order valence-corrected chi connectivity index (χ0v) is 7.10. The van der Waals surface area contributed by atoms with Crippen molar-refractivity contribution < 1.29 is 9.90 Å². The van der Waals surface area contributed by atoms with Crippen LogP contribution in [0.5, 0.6) is 0 Å². The largest absolute Gasteiger partial charge is 0.477 e. The molecular weight excluding hydrogens is 168 g/mol. The van der Waals surface area contributed by atoms with Crippen molar-refractivity contribution in [3.63, 3.8) is 0 Å². The number of aromatic nitrogens is 2. The van der Waals surface area contributed by atoms with Gasteiger partial charge in [0.2, 0.25) is 0 Å². The summed E-state index contributed by atoms with van der Waals surface area (Å²) in [5.74, 6) is 0.353. The fourth-order valence-corrected chi connectivity index (χ4v) is 1.20. The zero-order chi connectivity index (χ0) is 9.26. The Morgan fingerprint density at radius 3 is 3.00 bits per heavy atom. The van der Waals surface area contributed by atoms with Gasteiger partial charge in [0.05, 0.1) is 0 Å². The Balaban J connectivity index is 2.15. The molecule has 1 aliphatic rings. The second-order valence-corrected chi connectivity index (χ2v) is 3.31. The topological polar surface area (TPSA) is 63.1 Å². The lowest BCUT2D eigenvalue weighted by Crippen LogP contribution is -2.05. The second kappa shape index (κ2) is 3.12. The molecule has 0 amide bonds. The smallest absolute Gasteiger partial charge is 0.354 e. The van der Waals surface area contributed by atoms with Gasteiger partial charge in [0, 0.05) is 12.6 Å². The summed E-state index contributed by atoms with van der Waals surface area (Å²) in [6, 6.07) is 1.42. The van der Waals surface area contributed by atoms with Gasteiger partial charge in [-0.1, -0.05) is 0 Å². The van der Waals surface area contributed by atoms with Crippen LogP contribution < -0.4 is 0 Å². The minimum Gasteiger partial charge on any atom is -0.477 e. The monoisotopic (exact) mass is 178 g/mol. The van der Waals surface area contributed by atoms with Gasteiger partial charge in [0.15, 0.2) is 5.69 Å². The molecule has 0 spiro atoms. The summed E-state index contributed by atoms with van der Waals surface area (Å²) in [5, 5.41) is 8.67. The van der Waals surface area contributed by atoms with Crippen molar-refractivity contribution in [1.29, 1.82) is 0 Å². The summed E-state index contributed by atoms with van der Waals surface area (Å²) in [6.45, 7) is 0. The lowest BCUT2D eigenvalue weighted by molar-refractivity contribution is 0.0690. The molecule has 1 aliphatic carbocycles. The average molecular weight is 178 g/mol. The number of carboxylic acids is 1. The molecule has 1 heterocycles. The number of aromatic carboxylic acids is 1. The molecule has 4 heteroatoms. The van der Waals surface area contributed by atoms with Gasteiger partial charge >= 0.3 is 5.97 Å². The fourth-order valence-electron chi connectivity index (χ4n) is 1.20. The molecule has 0 aliphatic heterocycles. The van der Waals surface area contributed by atoms with Crippen LogP contribution >= 0.6 is 0 Å². The molecule has 13 heavy (non-hydrogen) atoms. The Labute approximate surface area is 75.6 Å². The van der Waals surface area contributed by atoms with Crippen molar-refractivity contribution >= 4 is 5.97 Å². The van der Waals surface area contributed by atoms with E-state index < -0.39 is 5.97 Å². The van der Waals surface area contributed by atoms with E-state index in [2.05, 4.69) is 9.97 Å². The average Bonchev–Trinajstić information content (AvgIpc) is 2.89. The number of rotatable bonds is 3. The quantitative estimate of drug-likeness (QED) is 0.753. The van der Waals surface area contributed by atoms with Crippen molar-refractivity contribution in [3.8, 4) is 0 Å². The van der Waals surface area contributed by atoms with Gasteiger partial charge in [0.1, 0.15) is 5.82 Å². The molecule has 1 fully saturated rings. The Hall–Kier alpha value is -1.45. The van der Waals surface area contributed by atoms with Crippen molar-refractivity contribution in [1.82, 2.24) is 9.97 Å². The lowest BCUT2D eigenvalue weighted by Gasteiger charge is -1.98. The third-order valence-corrected chi connectivity index (χ3v) is 2.09. The summed E-state index contributed by atoms with van der Waals surface area (Å²) in [5.41, 5.74) is 0.0886. The first-order chi connectivity index (χ1) is 6.25. The predicted molar refractivity (Wildman–Crippen MR) is 45.4 cm³/mol. The van der Waals surface area contributed by atoms with Gasteiger partial charge in [0.25, 0.3) is 0 Å². The van der Waals surface area contributed by atoms with E-state index in [1.165, 1.54) is 25.1 Å². The van der Waals surface area contributed by atoms with Crippen molar-refractivity contribution in [2.45, 2.75) is 19.3 Å². The van der Waals surface area contributed by atoms with Crippen LogP contribution in [0.15, 0.2) is 12.3 Å². The standard InChI is InChI=1S/C9H10N2O2/c12-9(13)7-3-4-10-8(11-7)5-6-1-2-6/h3-4,6H,1-2,5H2,(H,12,13). The van der Waals surface area contributed by atoms with Gasteiger partial charge in [-0.3, -0.25) is 0 Å². The van der Waals surface area contributed by atoms with E-state index in [4.69, 9.17) is 5.11 Å². The van der Waals surface area contributed by atoms with E-state index in [1.807, 2.05) is 0 Å². The van der Waals surface area contributed by atoms with Crippen molar-refractivity contribution in [3.05, 3.63) is 23.8 Å². The van der Waals surface area contributed by atoms with Crippen LogP contribution in [0.4, 0.5) is 0 Å². The number of hydrogen-bond donors (Lipinski definition) is 1.